The van der Waals surface area contributed by atoms with Gasteiger partial charge in [-0.15, -0.1) is 0 Å². The molecule has 0 radical (unpaired) electrons. The molecule has 1 aromatic rings. The third-order valence-electron chi connectivity index (χ3n) is 4.81. The predicted octanol–water partition coefficient (Wildman–Crippen LogP) is 2.83. The van der Waals surface area contributed by atoms with Gasteiger partial charge in [-0.2, -0.15) is 0 Å². The van der Waals surface area contributed by atoms with Crippen LogP contribution in [-0.2, 0) is 11.2 Å². The highest BCUT2D eigenvalue weighted by Crippen LogP contribution is 2.62. The van der Waals surface area contributed by atoms with Crippen molar-refractivity contribution in [2.24, 2.45) is 5.92 Å². The molecular formula is C15H17NO. The van der Waals surface area contributed by atoms with Crippen LogP contribution < -0.4 is 4.90 Å². The Morgan fingerprint density at radius 3 is 2.65 bits per heavy atom. The number of hydrogen-bond acceptors (Lipinski definition) is 1. The first-order valence-electron chi connectivity index (χ1n) is 6.61. The fourth-order valence-electron chi connectivity index (χ4n) is 3.85. The van der Waals surface area contributed by atoms with E-state index in [4.69, 9.17) is 0 Å². The number of carbonyl (C=O) groups is 1. The van der Waals surface area contributed by atoms with Gasteiger partial charge < -0.3 is 4.90 Å². The standard InChI is InChI=1S/C15H17NO/c1-10-2-4-13-12(6-10)3-5-14(17)16(13)15-7-11(8-15)9-15/h2,4,6,11H,3,5,7-9H2,1H3. The molecule has 2 heteroatoms. The molecule has 1 amide bonds. The molecule has 0 atom stereocenters. The third kappa shape index (κ3) is 1.13. The van der Waals surface area contributed by atoms with E-state index < -0.39 is 0 Å². The molecular weight excluding hydrogens is 210 g/mol. The molecule has 3 fully saturated rings. The van der Waals surface area contributed by atoms with Crippen LogP contribution in [0.4, 0.5) is 5.69 Å². The largest absolute Gasteiger partial charge is 0.306 e. The average Bonchev–Trinajstić information content (AvgIpc) is 2.17. The molecule has 1 aliphatic heterocycles. The Balaban J connectivity index is 1.81. The smallest absolute Gasteiger partial charge is 0.227 e. The minimum absolute atomic E-state index is 0.228. The summed E-state index contributed by atoms with van der Waals surface area (Å²) in [4.78, 5) is 14.4. The highest BCUT2D eigenvalue weighted by Gasteiger charge is 2.62. The second-order valence-corrected chi connectivity index (χ2v) is 6.06. The van der Waals surface area contributed by atoms with Crippen LogP contribution in [0.1, 0.15) is 36.8 Å². The second kappa shape index (κ2) is 2.92. The van der Waals surface area contributed by atoms with Gasteiger partial charge in [0.1, 0.15) is 0 Å². The zero-order chi connectivity index (χ0) is 11.6. The quantitative estimate of drug-likeness (QED) is 0.722. The van der Waals surface area contributed by atoms with Crippen molar-refractivity contribution in [3.05, 3.63) is 29.3 Å². The Hall–Kier alpha value is -1.31. The maximum Gasteiger partial charge on any atom is 0.227 e. The molecule has 0 saturated heterocycles. The summed E-state index contributed by atoms with van der Waals surface area (Å²) >= 11 is 0. The fraction of sp³-hybridized carbons (Fsp3) is 0.533. The van der Waals surface area contributed by atoms with Gasteiger partial charge in [-0.1, -0.05) is 17.7 Å². The van der Waals surface area contributed by atoms with Crippen LogP contribution in [-0.4, -0.2) is 11.4 Å². The number of rotatable bonds is 1. The Kier molecular flexibility index (Phi) is 1.67. The van der Waals surface area contributed by atoms with Gasteiger partial charge in [0.05, 0.1) is 0 Å². The van der Waals surface area contributed by atoms with E-state index in [1.54, 1.807) is 0 Å². The van der Waals surface area contributed by atoms with E-state index >= 15 is 0 Å². The summed E-state index contributed by atoms with van der Waals surface area (Å²) in [7, 11) is 0. The van der Waals surface area contributed by atoms with Gasteiger partial charge in [0.15, 0.2) is 0 Å². The Morgan fingerprint density at radius 1 is 1.24 bits per heavy atom. The van der Waals surface area contributed by atoms with E-state index in [9.17, 15) is 4.79 Å². The van der Waals surface area contributed by atoms with Crippen molar-refractivity contribution in [2.75, 3.05) is 4.90 Å². The monoisotopic (exact) mass is 227 g/mol. The van der Waals surface area contributed by atoms with E-state index in [1.807, 2.05) is 0 Å². The summed E-state index contributed by atoms with van der Waals surface area (Å²) in [5.41, 5.74) is 4.10. The molecule has 1 heterocycles. The summed E-state index contributed by atoms with van der Waals surface area (Å²) < 4.78 is 0. The molecule has 3 aliphatic carbocycles. The minimum atomic E-state index is 0.228. The highest BCUT2D eigenvalue weighted by atomic mass is 16.2. The summed E-state index contributed by atoms with van der Waals surface area (Å²) in [5, 5.41) is 0. The van der Waals surface area contributed by atoms with Crippen LogP contribution in [0.5, 0.6) is 0 Å². The highest BCUT2D eigenvalue weighted by molar-refractivity contribution is 5.98. The number of amides is 1. The van der Waals surface area contributed by atoms with Gasteiger partial charge in [-0.05, 0) is 50.2 Å². The average molecular weight is 227 g/mol. The number of carbonyl (C=O) groups excluding carboxylic acids is 1. The zero-order valence-electron chi connectivity index (χ0n) is 10.2. The lowest BCUT2D eigenvalue weighted by atomic mass is 9.48. The van der Waals surface area contributed by atoms with E-state index in [0.717, 1.165) is 12.3 Å². The Morgan fingerprint density at radius 2 is 2.00 bits per heavy atom. The van der Waals surface area contributed by atoms with Crippen molar-refractivity contribution in [1.29, 1.82) is 0 Å². The molecule has 0 aromatic heterocycles. The first-order valence-corrected chi connectivity index (χ1v) is 6.61. The molecule has 4 aliphatic rings. The second-order valence-electron chi connectivity index (χ2n) is 6.06. The van der Waals surface area contributed by atoms with Gasteiger partial charge in [0, 0.05) is 17.6 Å². The summed E-state index contributed by atoms with van der Waals surface area (Å²) in [5.74, 6) is 1.26. The Labute approximate surface area is 102 Å². The van der Waals surface area contributed by atoms with Crippen molar-refractivity contribution in [1.82, 2.24) is 0 Å². The van der Waals surface area contributed by atoms with Gasteiger partial charge in [-0.3, -0.25) is 4.79 Å². The molecule has 0 spiro atoms. The normalized spacial score (nSPS) is 33.8. The van der Waals surface area contributed by atoms with Gasteiger partial charge >= 0.3 is 0 Å². The van der Waals surface area contributed by atoms with Crippen molar-refractivity contribution in [3.8, 4) is 0 Å². The van der Waals surface area contributed by atoms with Crippen LogP contribution in [0, 0.1) is 12.8 Å². The number of hydrogen-bond donors (Lipinski definition) is 0. The lowest BCUT2D eigenvalue weighted by Crippen LogP contribution is -2.70. The maximum absolute atomic E-state index is 12.2. The molecule has 2 bridgehead atoms. The van der Waals surface area contributed by atoms with E-state index in [0.29, 0.717) is 12.3 Å². The van der Waals surface area contributed by atoms with Gasteiger partial charge in [0.25, 0.3) is 0 Å². The van der Waals surface area contributed by atoms with Gasteiger partial charge in [-0.25, -0.2) is 0 Å². The summed E-state index contributed by atoms with van der Waals surface area (Å²) in [6, 6.07) is 6.54. The minimum Gasteiger partial charge on any atom is -0.306 e. The number of fused-ring (bicyclic) bond motifs is 1. The van der Waals surface area contributed by atoms with Crippen molar-refractivity contribution in [3.63, 3.8) is 0 Å². The van der Waals surface area contributed by atoms with E-state index in [-0.39, 0.29) is 5.54 Å². The first kappa shape index (κ1) is 9.69. The van der Waals surface area contributed by atoms with Gasteiger partial charge in [0.2, 0.25) is 5.91 Å². The molecule has 5 rings (SSSR count). The van der Waals surface area contributed by atoms with Crippen LogP contribution in [0.3, 0.4) is 0 Å². The number of aryl methyl sites for hydroxylation is 2. The molecule has 0 N–H and O–H groups in total. The topological polar surface area (TPSA) is 20.3 Å². The Bertz CT molecular complexity index is 503. The summed E-state index contributed by atoms with van der Waals surface area (Å²) in [6.07, 6.45) is 5.35. The number of anilines is 1. The lowest BCUT2D eigenvalue weighted by Gasteiger charge is -2.66. The number of nitrogens with zero attached hydrogens (tertiary/aromatic N) is 1. The van der Waals surface area contributed by atoms with Crippen LogP contribution in [0.2, 0.25) is 0 Å². The van der Waals surface area contributed by atoms with Crippen LogP contribution in [0.15, 0.2) is 18.2 Å². The third-order valence-corrected chi connectivity index (χ3v) is 4.81. The van der Waals surface area contributed by atoms with Crippen molar-refractivity contribution < 1.29 is 4.79 Å². The molecule has 0 unspecified atom stereocenters. The molecule has 17 heavy (non-hydrogen) atoms. The van der Waals surface area contributed by atoms with Crippen molar-refractivity contribution >= 4 is 11.6 Å². The first-order chi connectivity index (χ1) is 8.18. The molecule has 88 valence electrons. The zero-order valence-corrected chi connectivity index (χ0v) is 10.2. The predicted molar refractivity (Wildman–Crippen MR) is 67.1 cm³/mol. The van der Waals surface area contributed by atoms with Crippen LogP contribution in [0.25, 0.3) is 0 Å². The van der Waals surface area contributed by atoms with Crippen molar-refractivity contribution in [2.45, 2.75) is 44.6 Å². The summed E-state index contributed by atoms with van der Waals surface area (Å²) in [6.45, 7) is 2.13. The van der Waals surface area contributed by atoms with Crippen LogP contribution >= 0.6 is 0 Å². The molecule has 2 nitrogen and oxygen atoms in total. The molecule has 1 aromatic carbocycles. The lowest BCUT2D eigenvalue weighted by molar-refractivity contribution is -0.126. The molecule has 3 saturated carbocycles. The van der Waals surface area contributed by atoms with E-state index in [2.05, 4.69) is 30.0 Å². The van der Waals surface area contributed by atoms with E-state index in [1.165, 1.54) is 36.1 Å². The number of benzene rings is 1. The fourth-order valence-corrected chi connectivity index (χ4v) is 3.85. The SMILES string of the molecule is Cc1ccc2c(c1)CCC(=O)N2C12CC(C1)C2. The maximum atomic E-state index is 12.2.